The highest BCUT2D eigenvalue weighted by Crippen LogP contribution is 2.22. The van der Waals surface area contributed by atoms with Gasteiger partial charge in [-0.3, -0.25) is 9.69 Å². The number of urea groups is 1. The van der Waals surface area contributed by atoms with Crippen LogP contribution in [0.15, 0.2) is 18.3 Å². The second-order valence-electron chi connectivity index (χ2n) is 9.12. The van der Waals surface area contributed by atoms with Gasteiger partial charge in [0.05, 0.1) is 11.4 Å². The number of carbonyl (C=O) groups is 2. The molecule has 4 heterocycles. The number of aryl methyl sites for hydroxylation is 2. The number of pyridine rings is 1. The van der Waals surface area contributed by atoms with Crippen molar-refractivity contribution in [2.24, 2.45) is 5.92 Å². The first kappa shape index (κ1) is 21.6. The van der Waals surface area contributed by atoms with E-state index in [1.165, 1.54) is 11.3 Å². The highest BCUT2D eigenvalue weighted by atomic mass is 16.2. The summed E-state index contributed by atoms with van der Waals surface area (Å²) < 4.78 is 2.18. The van der Waals surface area contributed by atoms with Crippen LogP contribution in [-0.4, -0.2) is 94.3 Å². The molecule has 0 bridgehead atoms. The van der Waals surface area contributed by atoms with Crippen LogP contribution in [0, 0.1) is 19.8 Å². The molecule has 0 aliphatic carbocycles. The molecule has 0 saturated carbocycles. The van der Waals surface area contributed by atoms with Crippen molar-refractivity contribution >= 4 is 17.6 Å². The molecule has 2 aliphatic rings. The largest absolute Gasteiger partial charge is 0.340 e. The van der Waals surface area contributed by atoms with Crippen LogP contribution < -0.4 is 0 Å². The van der Waals surface area contributed by atoms with Crippen LogP contribution in [0.5, 0.6) is 0 Å². The van der Waals surface area contributed by atoms with E-state index in [-0.39, 0.29) is 17.9 Å². The highest BCUT2D eigenvalue weighted by molar-refractivity contribution is 5.80. The van der Waals surface area contributed by atoms with E-state index in [1.54, 1.807) is 19.0 Å². The summed E-state index contributed by atoms with van der Waals surface area (Å²) in [4.78, 5) is 37.7. The van der Waals surface area contributed by atoms with Gasteiger partial charge in [0, 0.05) is 72.0 Å². The van der Waals surface area contributed by atoms with E-state index in [1.807, 2.05) is 9.80 Å². The van der Waals surface area contributed by atoms with Crippen molar-refractivity contribution in [3.8, 4) is 0 Å². The van der Waals surface area contributed by atoms with Crippen LogP contribution in [0.3, 0.4) is 0 Å². The topological polar surface area (TPSA) is 64.4 Å². The molecule has 2 aromatic rings. The Kier molecular flexibility index (Phi) is 6.18. The number of likely N-dealkylation sites (tertiary alicyclic amines) is 1. The molecule has 4 rings (SSSR count). The van der Waals surface area contributed by atoms with E-state index >= 15 is 0 Å². The molecule has 0 spiro atoms. The molecule has 8 nitrogen and oxygen atoms in total. The van der Waals surface area contributed by atoms with E-state index in [4.69, 9.17) is 4.98 Å². The van der Waals surface area contributed by atoms with E-state index in [9.17, 15) is 9.59 Å². The summed E-state index contributed by atoms with van der Waals surface area (Å²) in [5.74, 6) is 0.306. The van der Waals surface area contributed by atoms with Gasteiger partial charge in [-0.2, -0.15) is 0 Å². The Balaban J connectivity index is 1.30. The summed E-state index contributed by atoms with van der Waals surface area (Å²) in [5.41, 5.74) is 4.52. The molecule has 3 amide bonds. The number of imidazole rings is 1. The van der Waals surface area contributed by atoms with Gasteiger partial charge in [0.2, 0.25) is 5.91 Å². The van der Waals surface area contributed by atoms with Gasteiger partial charge in [-0.15, -0.1) is 0 Å². The highest BCUT2D eigenvalue weighted by Gasteiger charge is 2.32. The summed E-state index contributed by atoms with van der Waals surface area (Å²) in [5, 5.41) is 0. The average molecular weight is 427 g/mol. The maximum absolute atomic E-state index is 13.0. The van der Waals surface area contributed by atoms with Crippen molar-refractivity contribution in [1.82, 2.24) is 29.0 Å². The predicted octanol–water partition coefficient (Wildman–Crippen LogP) is 1.99. The molecule has 2 aliphatic heterocycles. The summed E-state index contributed by atoms with van der Waals surface area (Å²) in [6.07, 6.45) is 3.63. The van der Waals surface area contributed by atoms with Gasteiger partial charge in [-0.05, 0) is 44.4 Å². The third-order valence-corrected chi connectivity index (χ3v) is 6.64. The fourth-order valence-corrected chi connectivity index (χ4v) is 4.70. The fraction of sp³-hybridized carbons (Fsp3) is 0.609. The Labute approximate surface area is 184 Å². The molecular weight excluding hydrogens is 392 g/mol. The van der Waals surface area contributed by atoms with E-state index in [2.05, 4.69) is 41.5 Å². The zero-order chi connectivity index (χ0) is 22.1. The third-order valence-electron chi connectivity index (χ3n) is 6.64. The van der Waals surface area contributed by atoms with Crippen LogP contribution in [0.4, 0.5) is 4.79 Å². The summed E-state index contributed by atoms with van der Waals surface area (Å²) in [7, 11) is 3.54. The molecule has 8 heteroatoms. The Bertz CT molecular complexity index is 952. The molecule has 2 aromatic heterocycles. The number of hydrogen-bond donors (Lipinski definition) is 0. The van der Waals surface area contributed by atoms with Gasteiger partial charge in [-0.1, -0.05) is 0 Å². The van der Waals surface area contributed by atoms with Crippen molar-refractivity contribution in [2.45, 2.75) is 33.2 Å². The SMILES string of the molecule is Cc1ccn2c(CN3CCN(C(=O)C4CCN(C(=O)N(C)C)CC4)CC3)c(C)nc2c1. The number of carbonyl (C=O) groups excluding carboxylic acids is 2. The monoisotopic (exact) mass is 426 g/mol. The number of piperazine rings is 1. The van der Waals surface area contributed by atoms with Crippen LogP contribution in [0.2, 0.25) is 0 Å². The molecule has 168 valence electrons. The molecule has 0 aromatic carbocycles. The number of nitrogens with zero attached hydrogens (tertiary/aromatic N) is 6. The number of fused-ring (bicyclic) bond motifs is 1. The maximum atomic E-state index is 13.0. The summed E-state index contributed by atoms with van der Waals surface area (Å²) >= 11 is 0. The number of amides is 3. The molecular formula is C23H34N6O2. The zero-order valence-electron chi connectivity index (χ0n) is 19.2. The number of piperidine rings is 1. The van der Waals surface area contributed by atoms with Crippen molar-refractivity contribution in [3.63, 3.8) is 0 Å². The number of rotatable bonds is 3. The summed E-state index contributed by atoms with van der Waals surface area (Å²) in [6, 6.07) is 4.27. The second-order valence-corrected chi connectivity index (χ2v) is 9.12. The van der Waals surface area contributed by atoms with Crippen molar-refractivity contribution < 1.29 is 9.59 Å². The van der Waals surface area contributed by atoms with Gasteiger partial charge in [0.25, 0.3) is 0 Å². The first-order valence-corrected chi connectivity index (χ1v) is 11.2. The van der Waals surface area contributed by atoms with Gasteiger partial charge in [0.1, 0.15) is 5.65 Å². The van der Waals surface area contributed by atoms with E-state index < -0.39 is 0 Å². The average Bonchev–Trinajstić information content (AvgIpc) is 3.07. The first-order valence-electron chi connectivity index (χ1n) is 11.2. The van der Waals surface area contributed by atoms with Crippen LogP contribution in [0.1, 0.15) is 29.8 Å². The van der Waals surface area contributed by atoms with E-state index in [0.29, 0.717) is 13.1 Å². The Hall–Kier alpha value is -2.61. The first-order chi connectivity index (χ1) is 14.8. The lowest BCUT2D eigenvalue weighted by Crippen LogP contribution is -2.52. The quantitative estimate of drug-likeness (QED) is 0.753. The molecule has 31 heavy (non-hydrogen) atoms. The standard InChI is InChI=1S/C23H34N6O2/c1-17-5-10-29-20(18(2)24-21(29)15-17)16-26-11-13-27(14-12-26)22(30)19-6-8-28(9-7-19)23(31)25(3)4/h5,10,15,19H,6-9,11-14,16H2,1-4H3. The molecule has 0 unspecified atom stereocenters. The van der Waals surface area contributed by atoms with Gasteiger partial charge >= 0.3 is 6.03 Å². The van der Waals surface area contributed by atoms with E-state index in [0.717, 1.165) is 56.9 Å². The smallest absolute Gasteiger partial charge is 0.319 e. The molecule has 2 saturated heterocycles. The second kappa shape index (κ2) is 8.86. The van der Waals surface area contributed by atoms with Crippen molar-refractivity contribution in [1.29, 1.82) is 0 Å². The Morgan fingerprint density at radius 2 is 1.71 bits per heavy atom. The minimum atomic E-state index is 0.0392. The Morgan fingerprint density at radius 1 is 1.03 bits per heavy atom. The molecule has 2 fully saturated rings. The van der Waals surface area contributed by atoms with Crippen LogP contribution in [-0.2, 0) is 11.3 Å². The molecule has 0 atom stereocenters. The maximum Gasteiger partial charge on any atom is 0.319 e. The number of hydrogen-bond acceptors (Lipinski definition) is 4. The number of aromatic nitrogens is 2. The fourth-order valence-electron chi connectivity index (χ4n) is 4.70. The Morgan fingerprint density at radius 3 is 2.35 bits per heavy atom. The zero-order valence-corrected chi connectivity index (χ0v) is 19.2. The predicted molar refractivity (Wildman–Crippen MR) is 120 cm³/mol. The third kappa shape index (κ3) is 4.54. The minimum absolute atomic E-state index is 0.0392. The van der Waals surface area contributed by atoms with Gasteiger partial charge < -0.3 is 19.1 Å². The molecule has 0 N–H and O–H groups in total. The lowest BCUT2D eigenvalue weighted by molar-refractivity contribution is -0.138. The van der Waals surface area contributed by atoms with Crippen LogP contribution >= 0.6 is 0 Å². The lowest BCUT2D eigenvalue weighted by Gasteiger charge is -2.39. The minimum Gasteiger partial charge on any atom is -0.340 e. The lowest BCUT2D eigenvalue weighted by atomic mass is 9.95. The van der Waals surface area contributed by atoms with Gasteiger partial charge in [-0.25, -0.2) is 9.78 Å². The van der Waals surface area contributed by atoms with Gasteiger partial charge in [0.15, 0.2) is 0 Å². The normalized spacial score (nSPS) is 18.6. The van der Waals surface area contributed by atoms with Crippen molar-refractivity contribution in [3.05, 3.63) is 35.3 Å². The molecule has 0 radical (unpaired) electrons. The summed E-state index contributed by atoms with van der Waals surface area (Å²) in [6.45, 7) is 9.64. The van der Waals surface area contributed by atoms with Crippen LogP contribution in [0.25, 0.3) is 5.65 Å². The van der Waals surface area contributed by atoms with Crippen molar-refractivity contribution in [2.75, 3.05) is 53.4 Å².